The Morgan fingerprint density at radius 1 is 0.929 bits per heavy atom. The number of fused-ring (bicyclic) bond motifs is 1. The number of rotatable bonds is 0. The first kappa shape index (κ1) is 10.7. The van der Waals surface area contributed by atoms with Gasteiger partial charge in [0.05, 0.1) is 16.1 Å². The van der Waals surface area contributed by atoms with Crippen molar-refractivity contribution < 1.29 is 0 Å². The van der Waals surface area contributed by atoms with E-state index in [1.807, 2.05) is 6.07 Å². The molecule has 1 aromatic carbocycles. The second kappa shape index (κ2) is 3.96. The maximum atomic E-state index is 5.93. The first-order chi connectivity index (χ1) is 6.58. The zero-order valence-electron chi connectivity index (χ0n) is 6.56. The highest BCUT2D eigenvalue weighted by Crippen LogP contribution is 2.26. The van der Waals surface area contributed by atoms with E-state index in [1.54, 1.807) is 6.07 Å². The van der Waals surface area contributed by atoms with Crippen molar-refractivity contribution in [2.75, 3.05) is 0 Å². The summed E-state index contributed by atoms with van der Waals surface area (Å²) in [7, 11) is 0. The standard InChI is InChI=1S/C8H2Cl3IN2/c9-3-1-5-6(2-4(3)12)14-8(11)7(10)13-5/h1-2H. The van der Waals surface area contributed by atoms with E-state index >= 15 is 0 Å². The molecule has 0 saturated heterocycles. The van der Waals surface area contributed by atoms with E-state index in [0.717, 1.165) is 3.57 Å². The van der Waals surface area contributed by atoms with Crippen LogP contribution in [-0.4, -0.2) is 9.97 Å². The van der Waals surface area contributed by atoms with Gasteiger partial charge < -0.3 is 0 Å². The summed E-state index contributed by atoms with van der Waals surface area (Å²) in [5, 5.41) is 1.03. The van der Waals surface area contributed by atoms with Gasteiger partial charge in [0.25, 0.3) is 0 Å². The quantitative estimate of drug-likeness (QED) is 0.659. The minimum Gasteiger partial charge on any atom is -0.231 e. The fourth-order valence-electron chi connectivity index (χ4n) is 1.01. The molecule has 72 valence electrons. The van der Waals surface area contributed by atoms with Crippen molar-refractivity contribution in [3.05, 3.63) is 31.0 Å². The van der Waals surface area contributed by atoms with Gasteiger partial charge in [0.1, 0.15) is 0 Å². The Kier molecular flexibility index (Phi) is 3.02. The lowest BCUT2D eigenvalue weighted by atomic mass is 10.3. The minimum atomic E-state index is 0.191. The first-order valence-electron chi connectivity index (χ1n) is 3.56. The highest BCUT2D eigenvalue weighted by Gasteiger charge is 2.07. The fraction of sp³-hybridized carbons (Fsp3) is 0. The zero-order valence-corrected chi connectivity index (χ0v) is 11.0. The van der Waals surface area contributed by atoms with Crippen LogP contribution in [0.5, 0.6) is 0 Å². The average Bonchev–Trinajstić information content (AvgIpc) is 2.11. The second-order valence-electron chi connectivity index (χ2n) is 2.56. The molecule has 0 bridgehead atoms. The molecule has 0 fully saturated rings. The van der Waals surface area contributed by atoms with Gasteiger partial charge in [-0.15, -0.1) is 0 Å². The lowest BCUT2D eigenvalue weighted by molar-refractivity contribution is 1.29. The van der Waals surface area contributed by atoms with Crippen molar-refractivity contribution in [2.24, 2.45) is 0 Å². The van der Waals surface area contributed by atoms with E-state index in [9.17, 15) is 0 Å². The molecule has 0 unspecified atom stereocenters. The summed E-state index contributed by atoms with van der Waals surface area (Å²) in [5.41, 5.74) is 1.33. The average molecular weight is 359 g/mol. The minimum absolute atomic E-state index is 0.191. The summed E-state index contributed by atoms with van der Waals surface area (Å²) in [6.45, 7) is 0. The molecular weight excluding hydrogens is 357 g/mol. The smallest absolute Gasteiger partial charge is 0.167 e. The fourth-order valence-corrected chi connectivity index (χ4v) is 1.88. The van der Waals surface area contributed by atoms with Crippen molar-refractivity contribution >= 4 is 68.4 Å². The summed E-state index contributed by atoms with van der Waals surface area (Å²) >= 11 is 19.5. The van der Waals surface area contributed by atoms with Crippen molar-refractivity contribution in [1.29, 1.82) is 0 Å². The van der Waals surface area contributed by atoms with E-state index in [4.69, 9.17) is 34.8 Å². The van der Waals surface area contributed by atoms with Gasteiger partial charge >= 0.3 is 0 Å². The Bertz CT molecular complexity index is 426. The molecule has 0 aliphatic carbocycles. The van der Waals surface area contributed by atoms with Crippen LogP contribution >= 0.6 is 57.4 Å². The van der Waals surface area contributed by atoms with Crippen molar-refractivity contribution in [1.82, 2.24) is 9.97 Å². The normalized spacial score (nSPS) is 10.9. The summed E-state index contributed by atoms with van der Waals surface area (Å²) in [6, 6.07) is 3.53. The van der Waals surface area contributed by atoms with Crippen LogP contribution in [0, 0.1) is 3.57 Å². The summed E-state index contributed by atoms with van der Waals surface area (Å²) in [5.74, 6) is 0. The van der Waals surface area contributed by atoms with Crippen LogP contribution in [-0.2, 0) is 0 Å². The number of benzene rings is 1. The van der Waals surface area contributed by atoms with Crippen molar-refractivity contribution in [3.63, 3.8) is 0 Å². The van der Waals surface area contributed by atoms with Crippen LogP contribution in [0.1, 0.15) is 0 Å². The Hall–Kier alpha value is 0.160. The van der Waals surface area contributed by atoms with Crippen molar-refractivity contribution in [3.8, 4) is 0 Å². The third-order valence-corrected chi connectivity index (χ3v) is 3.77. The maximum absolute atomic E-state index is 5.93. The lowest BCUT2D eigenvalue weighted by Crippen LogP contribution is -1.88. The molecular formula is C8H2Cl3IN2. The van der Waals surface area contributed by atoms with E-state index in [2.05, 4.69) is 32.6 Å². The highest BCUT2D eigenvalue weighted by molar-refractivity contribution is 14.1. The molecule has 0 saturated carbocycles. The van der Waals surface area contributed by atoms with E-state index < -0.39 is 0 Å². The molecule has 2 aromatic rings. The Morgan fingerprint density at radius 3 is 2.00 bits per heavy atom. The molecule has 0 radical (unpaired) electrons. The van der Waals surface area contributed by atoms with Gasteiger partial charge in [0.2, 0.25) is 0 Å². The van der Waals surface area contributed by atoms with Gasteiger partial charge in [-0.25, -0.2) is 9.97 Å². The molecule has 14 heavy (non-hydrogen) atoms. The van der Waals surface area contributed by atoms with Gasteiger partial charge in [-0.3, -0.25) is 0 Å². The topological polar surface area (TPSA) is 25.8 Å². The first-order valence-corrected chi connectivity index (χ1v) is 5.77. The second-order valence-corrected chi connectivity index (χ2v) is 4.85. The zero-order chi connectivity index (χ0) is 10.3. The number of halogens is 4. The molecule has 0 aliphatic rings. The third-order valence-electron chi connectivity index (χ3n) is 1.62. The van der Waals surface area contributed by atoms with Crippen LogP contribution in [0.15, 0.2) is 12.1 Å². The van der Waals surface area contributed by atoms with Gasteiger partial charge in [-0.1, -0.05) is 34.8 Å². The van der Waals surface area contributed by atoms with Crippen molar-refractivity contribution in [2.45, 2.75) is 0 Å². The summed E-state index contributed by atoms with van der Waals surface area (Å²) in [6.07, 6.45) is 0. The van der Waals surface area contributed by atoms with Gasteiger partial charge in [-0.05, 0) is 34.7 Å². The molecule has 0 atom stereocenters. The van der Waals surface area contributed by atoms with E-state index in [1.165, 1.54) is 0 Å². The molecule has 1 heterocycles. The number of nitrogens with zero attached hydrogens (tertiary/aromatic N) is 2. The van der Waals surface area contributed by atoms with Gasteiger partial charge in [0, 0.05) is 3.57 Å². The third kappa shape index (κ3) is 1.91. The molecule has 1 aromatic heterocycles. The Morgan fingerprint density at radius 2 is 1.43 bits per heavy atom. The van der Waals surface area contributed by atoms with Crippen LogP contribution in [0.4, 0.5) is 0 Å². The number of hydrogen-bond acceptors (Lipinski definition) is 2. The number of aromatic nitrogens is 2. The summed E-state index contributed by atoms with van der Waals surface area (Å²) in [4.78, 5) is 8.15. The van der Waals surface area contributed by atoms with Crippen LogP contribution in [0.25, 0.3) is 11.0 Å². The molecule has 2 nitrogen and oxygen atoms in total. The number of hydrogen-bond donors (Lipinski definition) is 0. The van der Waals surface area contributed by atoms with E-state index in [0.29, 0.717) is 16.1 Å². The largest absolute Gasteiger partial charge is 0.231 e. The lowest BCUT2D eigenvalue weighted by Gasteiger charge is -2.01. The predicted molar refractivity (Wildman–Crippen MR) is 67.3 cm³/mol. The maximum Gasteiger partial charge on any atom is 0.167 e. The van der Waals surface area contributed by atoms with Crippen LogP contribution in [0.2, 0.25) is 15.3 Å². The highest BCUT2D eigenvalue weighted by atomic mass is 127. The molecule has 0 aliphatic heterocycles. The monoisotopic (exact) mass is 358 g/mol. The van der Waals surface area contributed by atoms with Crippen LogP contribution < -0.4 is 0 Å². The Labute approximate surface area is 109 Å². The molecule has 0 N–H and O–H groups in total. The molecule has 6 heteroatoms. The SMILES string of the molecule is Clc1cc2nc(Cl)c(Cl)nc2cc1I. The summed E-state index contributed by atoms with van der Waals surface area (Å²) < 4.78 is 0.907. The molecule has 0 spiro atoms. The van der Waals surface area contributed by atoms with E-state index in [-0.39, 0.29) is 10.3 Å². The van der Waals surface area contributed by atoms with Gasteiger partial charge in [0.15, 0.2) is 10.3 Å². The van der Waals surface area contributed by atoms with Gasteiger partial charge in [-0.2, -0.15) is 0 Å². The molecule has 0 amide bonds. The predicted octanol–water partition coefficient (Wildman–Crippen LogP) is 4.19. The van der Waals surface area contributed by atoms with Crippen LogP contribution in [0.3, 0.4) is 0 Å². The Balaban J connectivity index is 2.83. The molecule has 2 rings (SSSR count).